The summed E-state index contributed by atoms with van der Waals surface area (Å²) in [5, 5.41) is 11.0. The Kier molecular flexibility index (Phi) is 4.46. The number of piperidine rings is 1. The van der Waals surface area contributed by atoms with Crippen LogP contribution in [0.4, 0.5) is 10.1 Å². The molecular formula is C15H21FN2O3. The van der Waals surface area contributed by atoms with Crippen LogP contribution in [0.25, 0.3) is 0 Å². The largest absolute Gasteiger partial charge is 0.482 e. The lowest BCUT2D eigenvalue weighted by molar-refractivity contribution is -0.386. The lowest BCUT2D eigenvalue weighted by Gasteiger charge is -2.41. The molecule has 0 N–H and O–H groups in total. The maximum Gasteiger partial charge on any atom is 0.311 e. The molecule has 0 amide bonds. The molecule has 0 aliphatic carbocycles. The zero-order valence-corrected chi connectivity index (χ0v) is 12.6. The van der Waals surface area contributed by atoms with E-state index in [0.29, 0.717) is 6.54 Å². The fourth-order valence-electron chi connectivity index (χ4n) is 2.56. The van der Waals surface area contributed by atoms with Crippen LogP contribution in [0.5, 0.6) is 5.75 Å². The van der Waals surface area contributed by atoms with Crippen LogP contribution in [0, 0.1) is 15.9 Å². The quantitative estimate of drug-likeness (QED) is 0.634. The third-order valence-electron chi connectivity index (χ3n) is 3.74. The van der Waals surface area contributed by atoms with Crippen molar-refractivity contribution in [1.29, 1.82) is 0 Å². The SMILES string of the molecule is CC(C)(C)N1CCC[C@H](Oc2cc(F)ccc2[N+](=O)[O-])C1. The number of halogens is 1. The van der Waals surface area contributed by atoms with Crippen molar-refractivity contribution in [2.24, 2.45) is 0 Å². The average molecular weight is 296 g/mol. The molecule has 0 aromatic heterocycles. The fraction of sp³-hybridized carbons (Fsp3) is 0.600. The van der Waals surface area contributed by atoms with Crippen molar-refractivity contribution >= 4 is 5.69 Å². The maximum atomic E-state index is 13.3. The smallest absolute Gasteiger partial charge is 0.311 e. The molecule has 116 valence electrons. The Morgan fingerprint density at radius 2 is 2.14 bits per heavy atom. The van der Waals surface area contributed by atoms with Gasteiger partial charge in [-0.15, -0.1) is 0 Å². The van der Waals surface area contributed by atoms with Crippen molar-refractivity contribution in [2.45, 2.75) is 45.3 Å². The van der Waals surface area contributed by atoms with Gasteiger partial charge in [0.05, 0.1) is 4.92 Å². The van der Waals surface area contributed by atoms with Crippen LogP contribution in [0.15, 0.2) is 18.2 Å². The number of hydrogen-bond acceptors (Lipinski definition) is 4. The summed E-state index contributed by atoms with van der Waals surface area (Å²) in [6.45, 7) is 8.05. The van der Waals surface area contributed by atoms with E-state index in [1.165, 1.54) is 0 Å². The van der Waals surface area contributed by atoms with E-state index in [2.05, 4.69) is 25.7 Å². The van der Waals surface area contributed by atoms with Crippen molar-refractivity contribution in [2.75, 3.05) is 13.1 Å². The molecule has 1 atom stereocenters. The molecule has 1 fully saturated rings. The summed E-state index contributed by atoms with van der Waals surface area (Å²) in [4.78, 5) is 12.7. The first-order valence-electron chi connectivity index (χ1n) is 7.13. The number of nitro benzene ring substituents is 1. The molecule has 6 heteroatoms. The topological polar surface area (TPSA) is 55.6 Å². The van der Waals surface area contributed by atoms with E-state index >= 15 is 0 Å². The molecule has 5 nitrogen and oxygen atoms in total. The number of nitro groups is 1. The van der Waals surface area contributed by atoms with Crippen molar-refractivity contribution in [3.05, 3.63) is 34.1 Å². The predicted octanol–water partition coefficient (Wildman–Crippen LogP) is 3.38. The van der Waals surface area contributed by atoms with E-state index in [9.17, 15) is 14.5 Å². The first-order valence-corrected chi connectivity index (χ1v) is 7.13. The summed E-state index contributed by atoms with van der Waals surface area (Å²) in [6.07, 6.45) is 1.63. The van der Waals surface area contributed by atoms with E-state index in [4.69, 9.17) is 4.74 Å². The highest BCUT2D eigenvalue weighted by Crippen LogP contribution is 2.30. The number of ether oxygens (including phenoxy) is 1. The zero-order chi connectivity index (χ0) is 15.6. The van der Waals surface area contributed by atoms with Crippen molar-refractivity contribution in [1.82, 2.24) is 4.90 Å². The molecule has 0 unspecified atom stereocenters. The van der Waals surface area contributed by atoms with E-state index in [1.54, 1.807) is 0 Å². The van der Waals surface area contributed by atoms with Gasteiger partial charge >= 0.3 is 5.69 Å². The maximum absolute atomic E-state index is 13.3. The molecule has 1 aliphatic heterocycles. The number of hydrogen-bond donors (Lipinski definition) is 0. The lowest BCUT2D eigenvalue weighted by Crippen LogP contribution is -2.50. The van der Waals surface area contributed by atoms with Gasteiger partial charge in [-0.25, -0.2) is 4.39 Å². The van der Waals surface area contributed by atoms with Crippen LogP contribution in [0.2, 0.25) is 0 Å². The normalized spacial score (nSPS) is 20.3. The van der Waals surface area contributed by atoms with Crippen LogP contribution in [0.1, 0.15) is 33.6 Å². The van der Waals surface area contributed by atoms with Gasteiger partial charge in [-0.1, -0.05) is 0 Å². The Morgan fingerprint density at radius 1 is 1.43 bits per heavy atom. The summed E-state index contributed by atoms with van der Waals surface area (Å²) in [5.74, 6) is -0.514. The molecule has 1 saturated heterocycles. The number of nitrogens with zero attached hydrogens (tertiary/aromatic N) is 2. The Hall–Kier alpha value is -1.69. The molecule has 21 heavy (non-hydrogen) atoms. The Morgan fingerprint density at radius 3 is 2.76 bits per heavy atom. The molecule has 0 spiro atoms. The number of likely N-dealkylation sites (tertiary alicyclic amines) is 1. The van der Waals surface area contributed by atoms with Crippen LogP contribution in [0.3, 0.4) is 0 Å². The highest BCUT2D eigenvalue weighted by Gasteiger charge is 2.30. The lowest BCUT2D eigenvalue weighted by atomic mass is 9.99. The molecular weight excluding hydrogens is 275 g/mol. The number of rotatable bonds is 3. The van der Waals surface area contributed by atoms with E-state index < -0.39 is 10.7 Å². The van der Waals surface area contributed by atoms with Crippen molar-refractivity contribution < 1.29 is 14.1 Å². The predicted molar refractivity (Wildman–Crippen MR) is 78.0 cm³/mol. The Balaban J connectivity index is 2.14. The van der Waals surface area contributed by atoms with E-state index in [0.717, 1.165) is 37.6 Å². The van der Waals surface area contributed by atoms with Gasteiger partial charge in [0.2, 0.25) is 0 Å². The highest BCUT2D eigenvalue weighted by atomic mass is 19.1. The molecule has 2 rings (SSSR count). The van der Waals surface area contributed by atoms with Gasteiger partial charge < -0.3 is 4.74 Å². The minimum absolute atomic E-state index is 0.0146. The monoisotopic (exact) mass is 296 g/mol. The van der Waals surface area contributed by atoms with Gasteiger partial charge in [0.1, 0.15) is 11.9 Å². The van der Waals surface area contributed by atoms with Gasteiger partial charge in [-0.3, -0.25) is 15.0 Å². The summed E-state index contributed by atoms with van der Waals surface area (Å²) in [6, 6.07) is 3.32. The van der Waals surface area contributed by atoms with E-state index in [-0.39, 0.29) is 23.1 Å². The van der Waals surface area contributed by atoms with Crippen molar-refractivity contribution in [3.8, 4) is 5.75 Å². The first-order chi connectivity index (χ1) is 9.77. The van der Waals surface area contributed by atoms with Gasteiger partial charge in [0, 0.05) is 24.2 Å². The third kappa shape index (κ3) is 3.91. The standard InChI is InChI=1S/C15H21FN2O3/c1-15(2,3)17-8-4-5-12(10-17)21-14-9-11(16)6-7-13(14)18(19)20/h6-7,9,12H,4-5,8,10H2,1-3H3/t12-/m0/s1. The molecule has 1 heterocycles. The van der Waals surface area contributed by atoms with Crippen LogP contribution < -0.4 is 4.74 Å². The molecule has 0 saturated carbocycles. The molecule has 0 radical (unpaired) electrons. The Labute approximate surface area is 123 Å². The summed E-state index contributed by atoms with van der Waals surface area (Å²) >= 11 is 0. The first kappa shape index (κ1) is 15.7. The molecule has 1 aliphatic rings. The number of benzene rings is 1. The average Bonchev–Trinajstić information content (AvgIpc) is 2.37. The second kappa shape index (κ2) is 5.97. The van der Waals surface area contributed by atoms with Gasteiger partial charge in [0.15, 0.2) is 5.75 Å². The zero-order valence-electron chi connectivity index (χ0n) is 12.6. The minimum Gasteiger partial charge on any atom is -0.482 e. The van der Waals surface area contributed by atoms with Gasteiger partial charge in [0.25, 0.3) is 0 Å². The van der Waals surface area contributed by atoms with Crippen LogP contribution in [-0.4, -0.2) is 34.6 Å². The van der Waals surface area contributed by atoms with Gasteiger partial charge in [-0.2, -0.15) is 0 Å². The molecule has 1 aromatic carbocycles. The van der Waals surface area contributed by atoms with E-state index in [1.807, 2.05) is 0 Å². The fourth-order valence-corrected chi connectivity index (χ4v) is 2.56. The van der Waals surface area contributed by atoms with Crippen LogP contribution in [-0.2, 0) is 0 Å². The second-order valence-electron chi connectivity index (χ2n) is 6.37. The second-order valence-corrected chi connectivity index (χ2v) is 6.37. The third-order valence-corrected chi connectivity index (χ3v) is 3.74. The van der Waals surface area contributed by atoms with Gasteiger partial charge in [-0.05, 0) is 46.2 Å². The Bertz CT molecular complexity index is 528. The van der Waals surface area contributed by atoms with Crippen LogP contribution >= 0.6 is 0 Å². The summed E-state index contributed by atoms with van der Waals surface area (Å²) in [5.41, 5.74) is -0.167. The minimum atomic E-state index is -0.543. The van der Waals surface area contributed by atoms with Crippen molar-refractivity contribution in [3.63, 3.8) is 0 Å². The highest BCUT2D eigenvalue weighted by molar-refractivity contribution is 5.46. The molecule has 1 aromatic rings. The summed E-state index contributed by atoms with van der Waals surface area (Å²) < 4.78 is 19.0. The summed E-state index contributed by atoms with van der Waals surface area (Å²) in [7, 11) is 0. The molecule has 0 bridgehead atoms.